The number of carbonyl (C=O) groups excluding carboxylic acids is 3. The Morgan fingerprint density at radius 2 is 1.93 bits per heavy atom. The lowest BCUT2D eigenvalue weighted by Crippen LogP contribution is -2.36. The Kier molecular flexibility index (Phi) is 4.42. The van der Waals surface area contributed by atoms with Gasteiger partial charge in [-0.15, -0.1) is 0 Å². The number of amides is 3. The molecule has 7 nitrogen and oxygen atoms in total. The van der Waals surface area contributed by atoms with Crippen LogP contribution in [-0.2, 0) is 27.3 Å². The van der Waals surface area contributed by atoms with Gasteiger partial charge in [0.05, 0.1) is 13.0 Å². The second-order valence-corrected chi connectivity index (χ2v) is 6.53. The number of benzene rings is 2. The van der Waals surface area contributed by atoms with Crippen molar-refractivity contribution in [3.05, 3.63) is 59.7 Å². The number of hydrazone groups is 1. The minimum atomic E-state index is -0.335. The average Bonchev–Trinajstić information content (AvgIpc) is 3.03. The van der Waals surface area contributed by atoms with Gasteiger partial charge >= 0.3 is 0 Å². The molecule has 0 atom stereocenters. The molecule has 2 aliphatic heterocycles. The molecular weight excluding hydrogens is 344 g/mol. The Morgan fingerprint density at radius 3 is 2.74 bits per heavy atom. The van der Waals surface area contributed by atoms with Crippen LogP contribution in [0.1, 0.15) is 24.0 Å². The van der Waals surface area contributed by atoms with E-state index in [1.54, 1.807) is 18.2 Å². The molecule has 0 fully saturated rings. The van der Waals surface area contributed by atoms with Crippen molar-refractivity contribution in [2.45, 2.75) is 25.8 Å². The Labute approximate surface area is 156 Å². The zero-order chi connectivity index (χ0) is 18.8. The van der Waals surface area contributed by atoms with E-state index in [1.165, 1.54) is 5.01 Å². The normalized spacial score (nSPS) is 15.9. The standard InChI is InChI=1S/C20H18N4O3/c25-18-11-14-10-15(6-7-16(14)22-18)21-20(27)17-8-9-19(26)24(23-17)12-13-4-2-1-3-5-13/h1-7,10H,8-9,11-12H2,(H,21,27)(H,22,25). The summed E-state index contributed by atoms with van der Waals surface area (Å²) in [6.45, 7) is 0.336. The summed E-state index contributed by atoms with van der Waals surface area (Å²) in [6.07, 6.45) is 0.863. The molecule has 0 saturated carbocycles. The fourth-order valence-corrected chi connectivity index (χ4v) is 3.15. The number of rotatable bonds is 4. The van der Waals surface area contributed by atoms with Crippen molar-refractivity contribution in [1.29, 1.82) is 0 Å². The number of nitrogens with zero attached hydrogens (tertiary/aromatic N) is 2. The van der Waals surface area contributed by atoms with E-state index in [0.717, 1.165) is 16.8 Å². The Hall–Kier alpha value is -3.48. The number of hydrogen-bond acceptors (Lipinski definition) is 4. The zero-order valence-corrected chi connectivity index (χ0v) is 14.6. The zero-order valence-electron chi connectivity index (χ0n) is 14.6. The summed E-state index contributed by atoms with van der Waals surface area (Å²) in [5, 5.41) is 11.2. The first-order chi connectivity index (χ1) is 13.1. The first kappa shape index (κ1) is 17.0. The molecule has 2 aromatic rings. The summed E-state index contributed by atoms with van der Waals surface area (Å²) >= 11 is 0. The van der Waals surface area contributed by atoms with E-state index >= 15 is 0 Å². The van der Waals surface area contributed by atoms with Crippen LogP contribution in [0.2, 0.25) is 0 Å². The van der Waals surface area contributed by atoms with Crippen LogP contribution in [0.3, 0.4) is 0 Å². The smallest absolute Gasteiger partial charge is 0.271 e. The van der Waals surface area contributed by atoms with Crippen molar-refractivity contribution < 1.29 is 14.4 Å². The van der Waals surface area contributed by atoms with Gasteiger partial charge in [-0.1, -0.05) is 30.3 Å². The van der Waals surface area contributed by atoms with Crippen LogP contribution in [0, 0.1) is 0 Å². The molecule has 7 heteroatoms. The third kappa shape index (κ3) is 3.72. The average molecular weight is 362 g/mol. The lowest BCUT2D eigenvalue weighted by atomic mass is 10.1. The molecule has 3 amide bonds. The van der Waals surface area contributed by atoms with E-state index in [4.69, 9.17) is 0 Å². The number of nitrogens with one attached hydrogen (secondary N) is 2. The van der Waals surface area contributed by atoms with Crippen LogP contribution in [0.15, 0.2) is 53.6 Å². The fourth-order valence-electron chi connectivity index (χ4n) is 3.15. The molecule has 0 saturated heterocycles. The number of hydrogen-bond donors (Lipinski definition) is 2. The highest BCUT2D eigenvalue weighted by Gasteiger charge is 2.25. The molecule has 0 aliphatic carbocycles. The van der Waals surface area contributed by atoms with E-state index in [0.29, 0.717) is 30.8 Å². The van der Waals surface area contributed by atoms with Gasteiger partial charge in [-0.3, -0.25) is 14.4 Å². The second-order valence-electron chi connectivity index (χ2n) is 6.53. The van der Waals surface area contributed by atoms with Gasteiger partial charge in [0.2, 0.25) is 11.8 Å². The Balaban J connectivity index is 1.48. The lowest BCUT2D eigenvalue weighted by molar-refractivity contribution is -0.132. The molecule has 0 bridgehead atoms. The highest BCUT2D eigenvalue weighted by atomic mass is 16.2. The van der Waals surface area contributed by atoms with E-state index in [-0.39, 0.29) is 24.1 Å². The maximum Gasteiger partial charge on any atom is 0.271 e. The highest BCUT2D eigenvalue weighted by molar-refractivity contribution is 6.43. The topological polar surface area (TPSA) is 90.9 Å². The van der Waals surface area contributed by atoms with Crippen LogP contribution in [0.4, 0.5) is 11.4 Å². The molecule has 4 rings (SSSR count). The summed E-state index contributed by atoms with van der Waals surface area (Å²) in [6, 6.07) is 14.8. The molecule has 0 spiro atoms. The minimum absolute atomic E-state index is 0.0554. The Morgan fingerprint density at radius 1 is 1.11 bits per heavy atom. The van der Waals surface area contributed by atoms with E-state index < -0.39 is 0 Å². The van der Waals surface area contributed by atoms with Gasteiger partial charge in [0.1, 0.15) is 5.71 Å². The van der Waals surface area contributed by atoms with Gasteiger partial charge in [-0.05, 0) is 29.3 Å². The quantitative estimate of drug-likeness (QED) is 0.874. The summed E-state index contributed by atoms with van der Waals surface area (Å²) < 4.78 is 0. The molecule has 27 heavy (non-hydrogen) atoms. The maximum atomic E-state index is 12.6. The van der Waals surface area contributed by atoms with Gasteiger partial charge in [0, 0.05) is 24.2 Å². The van der Waals surface area contributed by atoms with Gasteiger partial charge in [0.15, 0.2) is 0 Å². The molecule has 2 aliphatic rings. The summed E-state index contributed by atoms with van der Waals surface area (Å²) in [5.41, 5.74) is 3.49. The van der Waals surface area contributed by atoms with Crippen LogP contribution >= 0.6 is 0 Å². The number of fused-ring (bicyclic) bond motifs is 1. The Bertz CT molecular complexity index is 953. The van der Waals surface area contributed by atoms with E-state index in [2.05, 4.69) is 15.7 Å². The third-order valence-electron chi connectivity index (χ3n) is 4.53. The van der Waals surface area contributed by atoms with Crippen LogP contribution in [-0.4, -0.2) is 28.4 Å². The maximum absolute atomic E-state index is 12.6. The molecule has 0 aromatic heterocycles. The fraction of sp³-hybridized carbons (Fsp3) is 0.200. The summed E-state index contributed by atoms with van der Waals surface area (Å²) in [5.74, 6) is -0.490. The number of carbonyl (C=O) groups is 3. The number of anilines is 2. The third-order valence-corrected chi connectivity index (χ3v) is 4.53. The van der Waals surface area contributed by atoms with Gasteiger partial charge in [-0.2, -0.15) is 5.10 Å². The SMILES string of the molecule is O=C1Cc2cc(NC(=O)C3=NN(Cc4ccccc4)C(=O)CC3)ccc2N1. The second kappa shape index (κ2) is 7.03. The van der Waals surface area contributed by atoms with Crippen LogP contribution in [0.5, 0.6) is 0 Å². The summed E-state index contributed by atoms with van der Waals surface area (Å²) in [7, 11) is 0. The predicted molar refractivity (Wildman–Crippen MR) is 101 cm³/mol. The van der Waals surface area contributed by atoms with E-state index in [9.17, 15) is 14.4 Å². The van der Waals surface area contributed by atoms with Crippen molar-refractivity contribution in [1.82, 2.24) is 5.01 Å². The van der Waals surface area contributed by atoms with Gasteiger partial charge in [-0.25, -0.2) is 5.01 Å². The largest absolute Gasteiger partial charge is 0.326 e. The molecule has 0 unspecified atom stereocenters. The first-order valence-electron chi connectivity index (χ1n) is 8.74. The molecule has 2 aromatic carbocycles. The van der Waals surface area contributed by atoms with Crippen molar-refractivity contribution in [3.8, 4) is 0 Å². The molecule has 2 heterocycles. The molecular formula is C20H18N4O3. The highest BCUT2D eigenvalue weighted by Crippen LogP contribution is 2.26. The van der Waals surface area contributed by atoms with Crippen molar-refractivity contribution in [2.75, 3.05) is 10.6 Å². The van der Waals surface area contributed by atoms with Crippen molar-refractivity contribution >= 4 is 34.8 Å². The first-order valence-corrected chi connectivity index (χ1v) is 8.74. The lowest BCUT2D eigenvalue weighted by Gasteiger charge is -2.23. The van der Waals surface area contributed by atoms with Crippen molar-refractivity contribution in [3.63, 3.8) is 0 Å². The van der Waals surface area contributed by atoms with Gasteiger partial charge in [0.25, 0.3) is 5.91 Å². The molecule has 136 valence electrons. The minimum Gasteiger partial charge on any atom is -0.326 e. The van der Waals surface area contributed by atoms with E-state index in [1.807, 2.05) is 30.3 Å². The summed E-state index contributed by atoms with van der Waals surface area (Å²) in [4.78, 5) is 36.1. The van der Waals surface area contributed by atoms with Gasteiger partial charge < -0.3 is 10.6 Å². The molecule has 0 radical (unpaired) electrons. The monoisotopic (exact) mass is 362 g/mol. The van der Waals surface area contributed by atoms with Crippen LogP contribution in [0.25, 0.3) is 0 Å². The molecule has 2 N–H and O–H groups in total. The predicted octanol–water partition coefficient (Wildman–Crippen LogP) is 2.30. The van der Waals surface area contributed by atoms with Crippen LogP contribution < -0.4 is 10.6 Å². The van der Waals surface area contributed by atoms with Crippen molar-refractivity contribution in [2.24, 2.45) is 5.10 Å².